The van der Waals surface area contributed by atoms with E-state index in [1.54, 1.807) is 0 Å². The predicted octanol–water partition coefficient (Wildman–Crippen LogP) is 3.64. The van der Waals surface area contributed by atoms with Crippen molar-refractivity contribution in [2.24, 2.45) is 11.7 Å². The average Bonchev–Trinajstić information content (AvgIpc) is 2.61. The molecule has 0 spiro atoms. The van der Waals surface area contributed by atoms with Gasteiger partial charge in [0.1, 0.15) is 0 Å². The molecule has 0 aliphatic carbocycles. The van der Waals surface area contributed by atoms with Gasteiger partial charge >= 0.3 is 0 Å². The summed E-state index contributed by atoms with van der Waals surface area (Å²) in [7, 11) is 0. The van der Waals surface area contributed by atoms with Crippen LogP contribution in [0.2, 0.25) is 0 Å². The molecule has 0 amide bonds. The minimum absolute atomic E-state index is 0.358. The van der Waals surface area contributed by atoms with Crippen LogP contribution >= 0.6 is 11.8 Å². The Morgan fingerprint density at radius 2 is 2.12 bits per heavy atom. The number of nitrogens with two attached hydrogens (primary N) is 1. The van der Waals surface area contributed by atoms with Gasteiger partial charge in [-0.2, -0.15) is 0 Å². The first-order valence-corrected chi connectivity index (χ1v) is 7.12. The van der Waals surface area contributed by atoms with Gasteiger partial charge in [0.2, 0.25) is 0 Å². The van der Waals surface area contributed by atoms with Gasteiger partial charge in [-0.25, -0.2) is 0 Å². The van der Waals surface area contributed by atoms with Crippen molar-refractivity contribution in [2.45, 2.75) is 43.5 Å². The van der Waals surface area contributed by atoms with Gasteiger partial charge in [-0.15, -0.1) is 11.8 Å². The summed E-state index contributed by atoms with van der Waals surface area (Å²) in [5.41, 5.74) is 7.72. The molecular formula is C14H21NS. The van der Waals surface area contributed by atoms with Crippen LogP contribution in [-0.4, -0.2) is 11.8 Å². The molecule has 88 valence electrons. The zero-order valence-corrected chi connectivity index (χ0v) is 11.0. The monoisotopic (exact) mass is 235 g/mol. The van der Waals surface area contributed by atoms with E-state index in [0.29, 0.717) is 17.9 Å². The van der Waals surface area contributed by atoms with Crippen molar-refractivity contribution in [3.63, 3.8) is 0 Å². The van der Waals surface area contributed by atoms with Crippen LogP contribution in [-0.2, 0) is 0 Å². The van der Waals surface area contributed by atoms with Gasteiger partial charge < -0.3 is 5.73 Å². The number of fused-ring (bicyclic) bond motifs is 1. The lowest BCUT2D eigenvalue weighted by molar-refractivity contribution is 0.452. The van der Waals surface area contributed by atoms with Crippen molar-refractivity contribution < 1.29 is 0 Å². The minimum atomic E-state index is 0.358. The highest BCUT2D eigenvalue weighted by Crippen LogP contribution is 2.41. The zero-order valence-electron chi connectivity index (χ0n) is 10.1. The topological polar surface area (TPSA) is 26.0 Å². The van der Waals surface area contributed by atoms with Crippen molar-refractivity contribution in [2.75, 3.05) is 5.75 Å². The summed E-state index contributed by atoms with van der Waals surface area (Å²) in [4.78, 5) is 1.46. The summed E-state index contributed by atoms with van der Waals surface area (Å²) in [6.07, 6.45) is 2.28. The van der Waals surface area contributed by atoms with E-state index in [2.05, 4.69) is 38.1 Å². The Bertz CT molecular complexity index is 348. The zero-order chi connectivity index (χ0) is 11.5. The number of hydrogen-bond donors (Lipinski definition) is 1. The number of benzene rings is 1. The van der Waals surface area contributed by atoms with Crippen LogP contribution in [0.1, 0.15) is 38.2 Å². The van der Waals surface area contributed by atoms with E-state index in [0.717, 1.165) is 12.8 Å². The molecule has 2 atom stereocenters. The third-order valence-corrected chi connectivity index (χ3v) is 4.41. The predicted molar refractivity (Wildman–Crippen MR) is 72.0 cm³/mol. The lowest BCUT2D eigenvalue weighted by Crippen LogP contribution is -2.24. The molecule has 0 bridgehead atoms. The molecule has 1 aromatic rings. The molecule has 0 saturated heterocycles. The summed E-state index contributed by atoms with van der Waals surface area (Å²) in [6.45, 7) is 4.49. The fourth-order valence-corrected chi connectivity index (χ4v) is 3.76. The van der Waals surface area contributed by atoms with Gasteiger partial charge in [-0.3, -0.25) is 0 Å². The van der Waals surface area contributed by atoms with Crippen LogP contribution in [0, 0.1) is 5.92 Å². The molecule has 2 unspecified atom stereocenters. The fourth-order valence-electron chi connectivity index (χ4n) is 2.49. The molecule has 2 rings (SSSR count). The Hall–Kier alpha value is -0.470. The summed E-state index contributed by atoms with van der Waals surface area (Å²) in [5.74, 6) is 2.60. The van der Waals surface area contributed by atoms with Crippen molar-refractivity contribution >= 4 is 11.8 Å². The Kier molecular flexibility index (Phi) is 3.93. The minimum Gasteiger partial charge on any atom is -0.328 e. The van der Waals surface area contributed by atoms with Crippen LogP contribution in [0.3, 0.4) is 0 Å². The van der Waals surface area contributed by atoms with E-state index in [1.807, 2.05) is 11.8 Å². The largest absolute Gasteiger partial charge is 0.328 e. The van der Waals surface area contributed by atoms with Crippen molar-refractivity contribution in [3.8, 4) is 0 Å². The van der Waals surface area contributed by atoms with E-state index < -0.39 is 0 Å². The van der Waals surface area contributed by atoms with Gasteiger partial charge in [0, 0.05) is 16.7 Å². The van der Waals surface area contributed by atoms with Crippen LogP contribution < -0.4 is 5.73 Å². The normalized spacial score (nSPS) is 21.1. The maximum Gasteiger partial charge on any atom is 0.0107 e. The van der Waals surface area contributed by atoms with Crippen LogP contribution in [0.5, 0.6) is 0 Å². The molecule has 2 heteroatoms. The van der Waals surface area contributed by atoms with Crippen LogP contribution in [0.25, 0.3) is 0 Å². The molecule has 0 radical (unpaired) electrons. The molecule has 0 saturated carbocycles. The van der Waals surface area contributed by atoms with Crippen molar-refractivity contribution in [1.29, 1.82) is 0 Å². The Balaban J connectivity index is 1.98. The molecular weight excluding hydrogens is 214 g/mol. The molecule has 1 aliphatic rings. The first-order chi connectivity index (χ1) is 7.66. The second kappa shape index (κ2) is 5.24. The van der Waals surface area contributed by atoms with Gasteiger partial charge in [-0.1, -0.05) is 32.0 Å². The van der Waals surface area contributed by atoms with Crippen molar-refractivity contribution in [1.82, 2.24) is 0 Å². The summed E-state index contributed by atoms with van der Waals surface area (Å²) < 4.78 is 0. The third-order valence-electron chi connectivity index (χ3n) is 3.16. The van der Waals surface area contributed by atoms with Gasteiger partial charge in [0.15, 0.2) is 0 Å². The number of thioether (sulfide) groups is 1. The lowest BCUT2D eigenvalue weighted by atomic mass is 9.91. The number of hydrogen-bond acceptors (Lipinski definition) is 2. The van der Waals surface area contributed by atoms with Gasteiger partial charge in [0.25, 0.3) is 0 Å². The quantitative estimate of drug-likeness (QED) is 0.862. The van der Waals surface area contributed by atoms with Crippen LogP contribution in [0.4, 0.5) is 0 Å². The highest BCUT2D eigenvalue weighted by Gasteiger charge is 2.24. The van der Waals surface area contributed by atoms with E-state index in [-0.39, 0.29) is 0 Å². The molecule has 0 aromatic heterocycles. The Labute approximate surface area is 103 Å². The van der Waals surface area contributed by atoms with Crippen molar-refractivity contribution in [3.05, 3.63) is 29.8 Å². The molecule has 1 nitrogen and oxygen atoms in total. The molecule has 2 N–H and O–H groups in total. The first-order valence-electron chi connectivity index (χ1n) is 6.14. The maximum atomic E-state index is 6.20. The first kappa shape index (κ1) is 12.0. The second-order valence-electron chi connectivity index (χ2n) is 5.17. The highest BCUT2D eigenvalue weighted by atomic mass is 32.2. The molecule has 1 aromatic carbocycles. The summed E-state index contributed by atoms with van der Waals surface area (Å²) in [5, 5.41) is 0. The molecule has 0 fully saturated rings. The fraction of sp³-hybridized carbons (Fsp3) is 0.571. The van der Waals surface area contributed by atoms with Crippen LogP contribution in [0.15, 0.2) is 29.2 Å². The van der Waals surface area contributed by atoms with Gasteiger partial charge in [-0.05, 0) is 36.3 Å². The van der Waals surface area contributed by atoms with E-state index in [4.69, 9.17) is 5.73 Å². The third kappa shape index (κ3) is 2.80. The number of rotatable bonds is 4. The molecule has 1 heterocycles. The standard InChI is InChI=1S/C14H21NS/c1-10(2)7-12(15)8-11-9-16-14-6-4-3-5-13(11)14/h3-6,10-12H,7-9,15H2,1-2H3. The molecule has 16 heavy (non-hydrogen) atoms. The smallest absolute Gasteiger partial charge is 0.0107 e. The average molecular weight is 235 g/mol. The Morgan fingerprint density at radius 1 is 1.38 bits per heavy atom. The maximum absolute atomic E-state index is 6.20. The van der Waals surface area contributed by atoms with E-state index >= 15 is 0 Å². The summed E-state index contributed by atoms with van der Waals surface area (Å²) in [6, 6.07) is 9.13. The van der Waals surface area contributed by atoms with E-state index in [9.17, 15) is 0 Å². The Morgan fingerprint density at radius 3 is 2.88 bits per heavy atom. The lowest BCUT2D eigenvalue weighted by Gasteiger charge is -2.18. The SMILES string of the molecule is CC(C)CC(N)CC1CSc2ccccc21. The molecule has 1 aliphatic heterocycles. The highest BCUT2D eigenvalue weighted by molar-refractivity contribution is 7.99. The summed E-state index contributed by atoms with van der Waals surface area (Å²) >= 11 is 1.98. The second-order valence-corrected chi connectivity index (χ2v) is 6.23. The van der Waals surface area contributed by atoms with Gasteiger partial charge in [0.05, 0.1) is 0 Å². The van der Waals surface area contributed by atoms with E-state index in [1.165, 1.54) is 16.2 Å².